The van der Waals surface area contributed by atoms with Gasteiger partial charge in [-0.25, -0.2) is 9.59 Å². The second-order valence-corrected chi connectivity index (χ2v) is 7.31. The third-order valence-corrected chi connectivity index (χ3v) is 4.99. The van der Waals surface area contributed by atoms with Crippen molar-refractivity contribution in [2.24, 2.45) is 0 Å². The Kier molecular flexibility index (Phi) is 9.58. The predicted molar refractivity (Wildman–Crippen MR) is 118 cm³/mol. The number of ether oxygens (including phenoxy) is 2. The van der Waals surface area contributed by atoms with Crippen molar-refractivity contribution in [2.75, 3.05) is 40.4 Å². The van der Waals surface area contributed by atoms with Gasteiger partial charge in [0.2, 0.25) is 0 Å². The standard InChI is InChI=1S/C20H25N3O4.C2H2O4/c1-26-19-11-17(12-20(13-19)27-2)15-22-8-6-21(7-9-22)14-16-4-3-5-18(10-16)23(24)25;3-1(4)2(5)6/h3-5,10-13H,6-9,14-15H2,1-2H3;(H,3,4)(H,5,6). The van der Waals surface area contributed by atoms with Crippen LogP contribution in [0.4, 0.5) is 5.69 Å². The molecule has 1 saturated heterocycles. The van der Waals surface area contributed by atoms with Gasteiger partial charge >= 0.3 is 11.9 Å². The molecule has 0 aromatic heterocycles. The molecule has 0 bridgehead atoms. The topological polar surface area (TPSA) is 143 Å². The summed E-state index contributed by atoms with van der Waals surface area (Å²) in [7, 11) is 3.32. The van der Waals surface area contributed by atoms with E-state index in [1.807, 2.05) is 24.3 Å². The van der Waals surface area contributed by atoms with Crippen molar-refractivity contribution in [1.82, 2.24) is 9.80 Å². The van der Waals surface area contributed by atoms with Gasteiger partial charge in [-0.15, -0.1) is 0 Å². The van der Waals surface area contributed by atoms with E-state index >= 15 is 0 Å². The number of carboxylic acid groups (broad SMARTS) is 2. The van der Waals surface area contributed by atoms with Crippen LogP contribution in [0.15, 0.2) is 42.5 Å². The Balaban J connectivity index is 0.000000569. The van der Waals surface area contributed by atoms with Crippen molar-refractivity contribution in [3.63, 3.8) is 0 Å². The Labute approximate surface area is 190 Å². The van der Waals surface area contributed by atoms with Crippen LogP contribution in [-0.2, 0) is 22.7 Å². The number of piperazine rings is 1. The molecule has 1 aliphatic heterocycles. The molecule has 0 spiro atoms. The summed E-state index contributed by atoms with van der Waals surface area (Å²) in [6.07, 6.45) is 0. The van der Waals surface area contributed by atoms with E-state index in [9.17, 15) is 10.1 Å². The second-order valence-electron chi connectivity index (χ2n) is 7.31. The fourth-order valence-corrected chi connectivity index (χ4v) is 3.35. The Morgan fingerprint density at radius 1 is 0.879 bits per heavy atom. The minimum absolute atomic E-state index is 0.151. The number of nitro benzene ring substituents is 1. The molecule has 0 aliphatic carbocycles. The highest BCUT2D eigenvalue weighted by atomic mass is 16.6. The molecule has 178 valence electrons. The van der Waals surface area contributed by atoms with Crippen molar-refractivity contribution >= 4 is 17.6 Å². The average molecular weight is 461 g/mol. The first kappa shape index (κ1) is 25.6. The van der Waals surface area contributed by atoms with Gasteiger partial charge in [-0.1, -0.05) is 12.1 Å². The number of carboxylic acids is 2. The minimum atomic E-state index is -1.82. The molecule has 2 aromatic carbocycles. The van der Waals surface area contributed by atoms with Crippen molar-refractivity contribution in [3.05, 3.63) is 63.7 Å². The van der Waals surface area contributed by atoms with Crippen LogP contribution in [0.1, 0.15) is 11.1 Å². The van der Waals surface area contributed by atoms with Gasteiger partial charge in [-0.3, -0.25) is 19.9 Å². The van der Waals surface area contributed by atoms with Gasteiger partial charge in [-0.05, 0) is 23.3 Å². The molecule has 11 nitrogen and oxygen atoms in total. The van der Waals surface area contributed by atoms with Gasteiger partial charge in [0.25, 0.3) is 5.69 Å². The maximum absolute atomic E-state index is 10.9. The Bertz CT molecular complexity index is 940. The summed E-state index contributed by atoms with van der Waals surface area (Å²) < 4.78 is 10.7. The van der Waals surface area contributed by atoms with Gasteiger partial charge in [0.1, 0.15) is 11.5 Å². The number of nitro groups is 1. The van der Waals surface area contributed by atoms with Crippen LogP contribution in [0.3, 0.4) is 0 Å². The van der Waals surface area contributed by atoms with Gasteiger partial charge in [0.15, 0.2) is 0 Å². The van der Waals surface area contributed by atoms with E-state index in [1.165, 1.54) is 11.6 Å². The number of benzene rings is 2. The molecular formula is C22H27N3O8. The maximum Gasteiger partial charge on any atom is 0.414 e. The summed E-state index contributed by atoms with van der Waals surface area (Å²) in [5.41, 5.74) is 2.30. The zero-order chi connectivity index (χ0) is 24.4. The summed E-state index contributed by atoms with van der Waals surface area (Å²) in [6.45, 7) is 5.36. The van der Waals surface area contributed by atoms with Crippen molar-refractivity contribution in [1.29, 1.82) is 0 Å². The lowest BCUT2D eigenvalue weighted by atomic mass is 10.1. The Morgan fingerprint density at radius 3 is 1.79 bits per heavy atom. The molecule has 0 saturated carbocycles. The van der Waals surface area contributed by atoms with Crippen LogP contribution < -0.4 is 9.47 Å². The molecule has 1 fully saturated rings. The summed E-state index contributed by atoms with van der Waals surface area (Å²) in [5.74, 6) is -2.05. The highest BCUT2D eigenvalue weighted by Crippen LogP contribution is 2.24. The zero-order valence-corrected chi connectivity index (χ0v) is 18.5. The minimum Gasteiger partial charge on any atom is -0.497 e. The van der Waals surface area contributed by atoms with Crippen LogP contribution in [-0.4, -0.2) is 77.3 Å². The lowest BCUT2D eigenvalue weighted by molar-refractivity contribution is -0.384. The van der Waals surface area contributed by atoms with Crippen molar-refractivity contribution in [2.45, 2.75) is 13.1 Å². The SMILES string of the molecule is COc1cc(CN2CCN(Cc3cccc([N+](=O)[O-])c3)CC2)cc(OC)c1.O=C(O)C(=O)O. The number of methoxy groups -OCH3 is 2. The van der Waals surface area contributed by atoms with Crippen LogP contribution >= 0.6 is 0 Å². The molecule has 2 N–H and O–H groups in total. The van der Waals surface area contributed by atoms with Crippen LogP contribution in [0, 0.1) is 10.1 Å². The molecule has 0 atom stereocenters. The maximum atomic E-state index is 10.9. The first-order chi connectivity index (χ1) is 15.7. The summed E-state index contributed by atoms with van der Waals surface area (Å²) >= 11 is 0. The number of non-ortho nitro benzene ring substituents is 1. The summed E-state index contributed by atoms with van der Waals surface area (Å²) in [5, 5.41) is 25.7. The van der Waals surface area contributed by atoms with Crippen LogP contribution in [0.5, 0.6) is 11.5 Å². The molecule has 1 aliphatic rings. The normalized spacial score (nSPS) is 14.0. The third kappa shape index (κ3) is 8.39. The molecule has 11 heteroatoms. The smallest absolute Gasteiger partial charge is 0.414 e. The van der Waals surface area contributed by atoms with Gasteiger partial charge in [0.05, 0.1) is 19.1 Å². The molecule has 0 radical (unpaired) electrons. The quantitative estimate of drug-likeness (QED) is 0.357. The molecule has 0 amide bonds. The number of nitrogens with zero attached hydrogens (tertiary/aromatic N) is 3. The van der Waals surface area contributed by atoms with Gasteiger partial charge < -0.3 is 19.7 Å². The summed E-state index contributed by atoms with van der Waals surface area (Å²) in [4.78, 5) is 33.5. The number of hydrogen-bond acceptors (Lipinski definition) is 8. The second kappa shape index (κ2) is 12.4. The van der Waals surface area contributed by atoms with E-state index in [0.717, 1.165) is 56.3 Å². The molecule has 0 unspecified atom stereocenters. The Hall–Kier alpha value is -3.70. The number of carbonyl (C=O) groups is 2. The van der Waals surface area contributed by atoms with Crippen molar-refractivity contribution in [3.8, 4) is 11.5 Å². The van der Waals surface area contributed by atoms with E-state index in [1.54, 1.807) is 26.4 Å². The fraction of sp³-hybridized carbons (Fsp3) is 0.364. The van der Waals surface area contributed by atoms with E-state index in [2.05, 4.69) is 9.80 Å². The summed E-state index contributed by atoms with van der Waals surface area (Å²) in [6, 6.07) is 12.8. The van der Waals surface area contributed by atoms with E-state index < -0.39 is 11.9 Å². The van der Waals surface area contributed by atoms with Gasteiger partial charge in [-0.2, -0.15) is 0 Å². The Morgan fingerprint density at radius 2 is 1.36 bits per heavy atom. The average Bonchev–Trinajstić information content (AvgIpc) is 2.80. The predicted octanol–water partition coefficient (Wildman–Crippen LogP) is 2.09. The lowest BCUT2D eigenvalue weighted by Crippen LogP contribution is -2.45. The first-order valence-electron chi connectivity index (χ1n) is 10.1. The van der Waals surface area contributed by atoms with Gasteiger partial charge in [0, 0.05) is 57.5 Å². The van der Waals surface area contributed by atoms with E-state index in [-0.39, 0.29) is 10.6 Å². The molecule has 1 heterocycles. The van der Waals surface area contributed by atoms with Crippen molar-refractivity contribution < 1.29 is 34.2 Å². The van der Waals surface area contributed by atoms with Crippen LogP contribution in [0.2, 0.25) is 0 Å². The first-order valence-corrected chi connectivity index (χ1v) is 10.1. The molecule has 33 heavy (non-hydrogen) atoms. The molecular weight excluding hydrogens is 434 g/mol. The number of aliphatic carboxylic acids is 2. The van der Waals surface area contributed by atoms with E-state index in [4.69, 9.17) is 29.3 Å². The largest absolute Gasteiger partial charge is 0.497 e. The lowest BCUT2D eigenvalue weighted by Gasteiger charge is -2.34. The highest BCUT2D eigenvalue weighted by Gasteiger charge is 2.18. The molecule has 2 aromatic rings. The van der Waals surface area contributed by atoms with E-state index in [0.29, 0.717) is 0 Å². The number of rotatable bonds is 7. The molecule has 3 rings (SSSR count). The monoisotopic (exact) mass is 461 g/mol. The zero-order valence-electron chi connectivity index (χ0n) is 18.5. The third-order valence-electron chi connectivity index (χ3n) is 4.99. The highest BCUT2D eigenvalue weighted by molar-refractivity contribution is 6.27. The number of hydrogen-bond donors (Lipinski definition) is 2. The van der Waals surface area contributed by atoms with Crippen LogP contribution in [0.25, 0.3) is 0 Å². The fourth-order valence-electron chi connectivity index (χ4n) is 3.35.